The Labute approximate surface area is 69.0 Å². The Balaban J connectivity index is 3.09. The summed E-state index contributed by atoms with van der Waals surface area (Å²) in [5.41, 5.74) is 0. The number of hydrogen-bond acceptors (Lipinski definition) is 1. The van der Waals surface area contributed by atoms with Crippen LogP contribution in [0.5, 0.6) is 0 Å². The van der Waals surface area contributed by atoms with Gasteiger partial charge in [0.2, 0.25) is 0 Å². The molecular formula is C5H6ClNOPS+. The molecule has 0 aliphatic carbocycles. The summed E-state index contributed by atoms with van der Waals surface area (Å²) in [6, 6.07) is 5.36. The van der Waals surface area contributed by atoms with Crippen LogP contribution in [-0.2, 0) is 11.8 Å². The second-order valence-electron chi connectivity index (χ2n) is 1.73. The molecule has 0 bridgehead atoms. The first-order valence-corrected chi connectivity index (χ1v) is 6.21. The summed E-state index contributed by atoms with van der Waals surface area (Å²) in [6.45, 7) is 0. The molecule has 1 aromatic heterocycles. The van der Waals surface area contributed by atoms with E-state index in [0.29, 0.717) is 0 Å². The number of aromatic nitrogens is 1. The molecule has 10 heavy (non-hydrogen) atoms. The van der Waals surface area contributed by atoms with E-state index in [1.165, 1.54) is 4.34 Å². The maximum absolute atomic E-state index is 9.14. The van der Waals surface area contributed by atoms with E-state index in [2.05, 4.69) is 11.8 Å². The standard InChI is InChI=1S/C5H5ClNOPS/c6-9(8,10)7-4-2-1-3-5-7/h1-5H/p+1. The zero-order valence-electron chi connectivity index (χ0n) is 5.01. The minimum absolute atomic E-state index is 1.43. The highest BCUT2D eigenvalue weighted by Gasteiger charge is 2.18. The molecule has 2 nitrogen and oxygen atoms in total. The van der Waals surface area contributed by atoms with Crippen molar-refractivity contribution in [2.45, 2.75) is 0 Å². The molecule has 0 saturated carbocycles. The summed E-state index contributed by atoms with van der Waals surface area (Å²) in [5, 5.41) is 0. The van der Waals surface area contributed by atoms with Crippen LogP contribution < -0.4 is 4.34 Å². The fourth-order valence-electron chi connectivity index (χ4n) is 0.554. The highest BCUT2D eigenvalue weighted by atomic mass is 35.7. The van der Waals surface area contributed by atoms with E-state index in [-0.39, 0.29) is 0 Å². The predicted molar refractivity (Wildman–Crippen MR) is 44.4 cm³/mol. The van der Waals surface area contributed by atoms with Gasteiger partial charge < -0.3 is 4.89 Å². The molecule has 1 aromatic rings. The third-order valence-electron chi connectivity index (χ3n) is 0.985. The molecule has 1 N–H and O–H groups in total. The second kappa shape index (κ2) is 2.97. The first kappa shape index (κ1) is 8.15. The molecule has 0 amide bonds. The van der Waals surface area contributed by atoms with Gasteiger partial charge in [-0.05, 0) is 0 Å². The fraction of sp³-hybridized carbons (Fsp3) is 0. The molecule has 0 aliphatic heterocycles. The van der Waals surface area contributed by atoms with Crippen LogP contribution in [-0.4, -0.2) is 4.89 Å². The molecule has 0 fully saturated rings. The van der Waals surface area contributed by atoms with Crippen molar-refractivity contribution in [2.24, 2.45) is 0 Å². The normalized spacial score (nSPS) is 16.2. The third-order valence-corrected chi connectivity index (χ3v) is 2.91. The van der Waals surface area contributed by atoms with E-state index in [0.717, 1.165) is 0 Å². The van der Waals surface area contributed by atoms with Crippen molar-refractivity contribution in [1.82, 2.24) is 0 Å². The Morgan fingerprint density at radius 1 is 1.30 bits per heavy atom. The molecule has 0 radical (unpaired) electrons. The predicted octanol–water partition coefficient (Wildman–Crippen LogP) is 1.28. The molecule has 1 heterocycles. The molecule has 1 unspecified atom stereocenters. The van der Waals surface area contributed by atoms with Gasteiger partial charge in [-0.1, -0.05) is 6.07 Å². The summed E-state index contributed by atoms with van der Waals surface area (Å²) >= 11 is 10.1. The van der Waals surface area contributed by atoms with Gasteiger partial charge in [-0.25, -0.2) is 0 Å². The molecule has 1 rings (SSSR count). The topological polar surface area (TPSA) is 24.1 Å². The van der Waals surface area contributed by atoms with Crippen molar-refractivity contribution in [1.29, 1.82) is 0 Å². The monoisotopic (exact) mass is 194 g/mol. The van der Waals surface area contributed by atoms with Crippen LogP contribution in [0.2, 0.25) is 0 Å². The van der Waals surface area contributed by atoms with Crippen LogP contribution in [0.15, 0.2) is 30.6 Å². The van der Waals surface area contributed by atoms with Crippen LogP contribution in [0, 0.1) is 0 Å². The zero-order valence-corrected chi connectivity index (χ0v) is 7.48. The zero-order chi connectivity index (χ0) is 7.61. The SMILES string of the molecule is OP(=S)(Cl)[n+]1ccccc1. The van der Waals surface area contributed by atoms with Crippen molar-refractivity contribution < 1.29 is 9.23 Å². The highest BCUT2D eigenvalue weighted by Crippen LogP contribution is 2.39. The van der Waals surface area contributed by atoms with E-state index < -0.39 is 5.77 Å². The second-order valence-corrected chi connectivity index (χ2v) is 6.68. The molecule has 5 heteroatoms. The summed E-state index contributed by atoms with van der Waals surface area (Å²) in [5.74, 6) is -2.80. The number of hydrogen-bond donors (Lipinski definition) is 1. The Kier molecular flexibility index (Phi) is 2.42. The smallest absolute Gasteiger partial charge is 0.304 e. The van der Waals surface area contributed by atoms with Crippen molar-refractivity contribution in [3.05, 3.63) is 30.6 Å². The minimum atomic E-state index is -2.80. The lowest BCUT2D eigenvalue weighted by Crippen LogP contribution is -2.25. The van der Waals surface area contributed by atoms with Crippen molar-refractivity contribution >= 4 is 28.8 Å². The van der Waals surface area contributed by atoms with Gasteiger partial charge in [0.05, 0.1) is 0 Å². The molecule has 54 valence electrons. The lowest BCUT2D eigenvalue weighted by molar-refractivity contribution is -0.517. The Morgan fingerprint density at radius 2 is 1.80 bits per heavy atom. The molecule has 0 aromatic carbocycles. The maximum Gasteiger partial charge on any atom is 0.412 e. The average Bonchev–Trinajstić information content (AvgIpc) is 1.88. The van der Waals surface area contributed by atoms with Gasteiger partial charge >= 0.3 is 5.77 Å². The third kappa shape index (κ3) is 2.03. The summed E-state index contributed by atoms with van der Waals surface area (Å²) in [4.78, 5) is 9.14. The maximum atomic E-state index is 9.14. The molecular weight excluding hydrogens is 189 g/mol. The fourth-order valence-corrected chi connectivity index (χ4v) is 1.67. The lowest BCUT2D eigenvalue weighted by Gasteiger charge is -1.96. The van der Waals surface area contributed by atoms with Crippen LogP contribution >= 0.6 is 17.0 Å². The van der Waals surface area contributed by atoms with Gasteiger partial charge in [-0.15, -0.1) is 0 Å². The summed E-state index contributed by atoms with van der Waals surface area (Å²) in [7, 11) is 0. The minimum Gasteiger partial charge on any atom is -0.304 e. The van der Waals surface area contributed by atoms with E-state index in [4.69, 9.17) is 16.1 Å². The van der Waals surface area contributed by atoms with E-state index in [1.807, 2.05) is 6.07 Å². The van der Waals surface area contributed by atoms with Crippen LogP contribution in [0.25, 0.3) is 0 Å². The number of halogens is 1. The van der Waals surface area contributed by atoms with Gasteiger partial charge in [-0.2, -0.15) is 4.34 Å². The van der Waals surface area contributed by atoms with Gasteiger partial charge in [-0.3, -0.25) is 0 Å². The van der Waals surface area contributed by atoms with Gasteiger partial charge in [0, 0.05) is 35.2 Å². The number of rotatable bonds is 1. The van der Waals surface area contributed by atoms with E-state index >= 15 is 0 Å². The van der Waals surface area contributed by atoms with Crippen molar-refractivity contribution in [3.63, 3.8) is 0 Å². The Morgan fingerprint density at radius 3 is 2.10 bits per heavy atom. The summed E-state index contributed by atoms with van der Waals surface area (Å²) in [6.07, 6.45) is 3.29. The van der Waals surface area contributed by atoms with Crippen LogP contribution in [0.4, 0.5) is 0 Å². The van der Waals surface area contributed by atoms with Crippen LogP contribution in [0.1, 0.15) is 0 Å². The summed E-state index contributed by atoms with van der Waals surface area (Å²) < 4.78 is 1.43. The Hall–Kier alpha value is 0.0500. The Bertz CT molecular complexity index is 260. The van der Waals surface area contributed by atoms with E-state index in [9.17, 15) is 0 Å². The number of nitrogens with zero attached hydrogens (tertiary/aromatic N) is 1. The van der Waals surface area contributed by atoms with Gasteiger partial charge in [0.15, 0.2) is 12.4 Å². The average molecular weight is 195 g/mol. The molecule has 1 atom stereocenters. The van der Waals surface area contributed by atoms with Crippen molar-refractivity contribution in [3.8, 4) is 0 Å². The first-order chi connectivity index (χ1) is 4.61. The first-order valence-electron chi connectivity index (χ1n) is 2.60. The number of pyridine rings is 1. The van der Waals surface area contributed by atoms with Gasteiger partial charge in [0.25, 0.3) is 0 Å². The van der Waals surface area contributed by atoms with Gasteiger partial charge in [0.1, 0.15) is 0 Å². The molecule has 0 saturated heterocycles. The van der Waals surface area contributed by atoms with Crippen molar-refractivity contribution in [2.75, 3.05) is 0 Å². The largest absolute Gasteiger partial charge is 0.412 e. The molecule has 0 aliphatic rings. The quantitative estimate of drug-likeness (QED) is 0.681. The molecule has 0 spiro atoms. The lowest BCUT2D eigenvalue weighted by atomic mass is 10.5. The highest BCUT2D eigenvalue weighted by molar-refractivity contribution is 8.20. The van der Waals surface area contributed by atoms with E-state index in [1.54, 1.807) is 24.5 Å². The van der Waals surface area contributed by atoms with Crippen LogP contribution in [0.3, 0.4) is 0 Å².